The number of nitrogens with two attached hydrogens (primary N) is 1. The minimum absolute atomic E-state index is 0.488. The van der Waals surface area contributed by atoms with E-state index in [1.54, 1.807) is 0 Å². The molecular weight excluding hydrogens is 204 g/mol. The lowest BCUT2D eigenvalue weighted by atomic mass is 10.1. The van der Waals surface area contributed by atoms with Gasteiger partial charge in [0.15, 0.2) is 5.76 Å². The molecule has 1 aromatic carbocycles. The maximum atomic E-state index is 5.75. The Morgan fingerprint density at radius 3 is 2.69 bits per heavy atom. The Balaban J connectivity index is 2.33. The highest BCUT2D eigenvalue weighted by atomic mass is 16.5. The topological polar surface area (TPSA) is 65.2 Å². The molecular formula is C12H10N2O2. The molecule has 0 saturated carbocycles. The molecule has 0 aliphatic rings. The van der Waals surface area contributed by atoms with E-state index in [0.717, 1.165) is 16.5 Å². The van der Waals surface area contributed by atoms with Gasteiger partial charge in [-0.25, -0.2) is 0 Å². The van der Waals surface area contributed by atoms with Gasteiger partial charge in [0.1, 0.15) is 11.3 Å². The Morgan fingerprint density at radius 1 is 1.19 bits per heavy atom. The summed E-state index contributed by atoms with van der Waals surface area (Å²) in [7, 11) is 0. The van der Waals surface area contributed by atoms with Crippen LogP contribution < -0.4 is 5.73 Å². The summed E-state index contributed by atoms with van der Waals surface area (Å²) in [5.74, 6) is 1.14. The first-order valence-electron chi connectivity index (χ1n) is 4.96. The van der Waals surface area contributed by atoms with Gasteiger partial charge in [-0.05, 0) is 13.0 Å². The number of para-hydroxylation sites is 1. The quantitative estimate of drug-likeness (QED) is 0.676. The second-order valence-electron chi connectivity index (χ2n) is 3.66. The predicted molar refractivity (Wildman–Crippen MR) is 60.9 cm³/mol. The molecule has 0 aliphatic carbocycles. The van der Waals surface area contributed by atoms with Gasteiger partial charge in [0.25, 0.3) is 0 Å². The Kier molecular flexibility index (Phi) is 1.77. The number of nitrogens with zero attached hydrogens (tertiary/aromatic N) is 1. The average Bonchev–Trinajstić information content (AvgIpc) is 2.84. The molecule has 0 atom stereocenters. The Labute approximate surface area is 91.6 Å². The fraction of sp³-hybridized carbons (Fsp3) is 0.0833. The van der Waals surface area contributed by atoms with Gasteiger partial charge in [-0.1, -0.05) is 23.4 Å². The smallest absolute Gasteiger partial charge is 0.225 e. The van der Waals surface area contributed by atoms with Crippen LogP contribution in [0, 0.1) is 6.92 Å². The van der Waals surface area contributed by atoms with E-state index < -0.39 is 0 Å². The summed E-state index contributed by atoms with van der Waals surface area (Å²) < 4.78 is 10.8. The number of aromatic nitrogens is 1. The fourth-order valence-corrected chi connectivity index (χ4v) is 1.81. The van der Waals surface area contributed by atoms with Gasteiger partial charge in [-0.3, -0.25) is 0 Å². The van der Waals surface area contributed by atoms with Crippen molar-refractivity contribution in [3.63, 3.8) is 0 Å². The molecule has 0 fully saturated rings. The van der Waals surface area contributed by atoms with E-state index in [-0.39, 0.29) is 0 Å². The van der Waals surface area contributed by atoms with Crippen LogP contribution in [0.1, 0.15) is 5.56 Å². The minimum atomic E-state index is 0.488. The lowest BCUT2D eigenvalue weighted by molar-refractivity contribution is 0.420. The molecule has 4 nitrogen and oxygen atoms in total. The Hall–Kier alpha value is -2.23. The highest BCUT2D eigenvalue weighted by molar-refractivity contribution is 5.88. The zero-order valence-corrected chi connectivity index (χ0v) is 8.73. The molecule has 0 spiro atoms. The first-order chi connectivity index (χ1) is 7.77. The van der Waals surface area contributed by atoms with Crippen molar-refractivity contribution < 1.29 is 8.94 Å². The summed E-state index contributed by atoms with van der Waals surface area (Å²) in [4.78, 5) is 0. The van der Waals surface area contributed by atoms with Crippen molar-refractivity contribution in [2.75, 3.05) is 5.73 Å². The molecule has 0 bridgehead atoms. The number of anilines is 1. The van der Waals surface area contributed by atoms with Crippen LogP contribution in [0.4, 0.5) is 5.69 Å². The highest BCUT2D eigenvalue weighted by Gasteiger charge is 2.17. The van der Waals surface area contributed by atoms with Gasteiger partial charge in [-0.2, -0.15) is 0 Å². The third kappa shape index (κ3) is 1.13. The van der Waals surface area contributed by atoms with Crippen LogP contribution in [0.5, 0.6) is 0 Å². The van der Waals surface area contributed by atoms with Crippen LogP contribution in [-0.4, -0.2) is 5.16 Å². The number of benzene rings is 1. The number of hydrogen-bond acceptors (Lipinski definition) is 4. The van der Waals surface area contributed by atoms with Crippen molar-refractivity contribution in [2.45, 2.75) is 6.92 Å². The van der Waals surface area contributed by atoms with Crippen LogP contribution in [0.15, 0.2) is 39.4 Å². The highest BCUT2D eigenvalue weighted by Crippen LogP contribution is 2.35. The Morgan fingerprint density at radius 2 is 2.00 bits per heavy atom. The van der Waals surface area contributed by atoms with Gasteiger partial charge in [0.05, 0.1) is 6.20 Å². The third-order valence-corrected chi connectivity index (χ3v) is 2.65. The summed E-state index contributed by atoms with van der Waals surface area (Å²) >= 11 is 0. The summed E-state index contributed by atoms with van der Waals surface area (Å²) in [6.07, 6.45) is 1.47. The maximum Gasteiger partial charge on any atom is 0.225 e. The molecule has 3 aromatic rings. The van der Waals surface area contributed by atoms with Crippen molar-refractivity contribution in [3.05, 3.63) is 36.0 Å². The molecule has 0 radical (unpaired) electrons. The van der Waals surface area contributed by atoms with Crippen molar-refractivity contribution >= 4 is 16.7 Å². The second-order valence-corrected chi connectivity index (χ2v) is 3.66. The van der Waals surface area contributed by atoms with E-state index in [1.807, 2.05) is 31.2 Å². The summed E-state index contributed by atoms with van der Waals surface area (Å²) in [5, 5.41) is 4.71. The number of aryl methyl sites for hydroxylation is 1. The van der Waals surface area contributed by atoms with Gasteiger partial charge in [-0.15, -0.1) is 0 Å². The van der Waals surface area contributed by atoms with Crippen LogP contribution in [-0.2, 0) is 0 Å². The number of furan rings is 1. The molecule has 0 unspecified atom stereocenters. The number of hydrogen-bond donors (Lipinski definition) is 1. The van der Waals surface area contributed by atoms with Crippen molar-refractivity contribution in [1.82, 2.24) is 5.16 Å². The van der Waals surface area contributed by atoms with Crippen LogP contribution >= 0.6 is 0 Å². The minimum Gasteiger partial charge on any atom is -0.452 e. The second kappa shape index (κ2) is 3.13. The van der Waals surface area contributed by atoms with E-state index in [4.69, 9.17) is 14.7 Å². The third-order valence-electron chi connectivity index (χ3n) is 2.65. The van der Waals surface area contributed by atoms with Crippen molar-refractivity contribution in [3.8, 4) is 11.5 Å². The zero-order valence-electron chi connectivity index (χ0n) is 8.73. The van der Waals surface area contributed by atoms with E-state index in [1.165, 1.54) is 6.20 Å². The van der Waals surface area contributed by atoms with Gasteiger partial charge in [0.2, 0.25) is 5.76 Å². The number of fused-ring (bicyclic) bond motifs is 1. The van der Waals surface area contributed by atoms with Crippen molar-refractivity contribution in [2.24, 2.45) is 0 Å². The molecule has 2 aromatic heterocycles. The molecule has 4 heteroatoms. The first-order valence-corrected chi connectivity index (χ1v) is 4.96. The standard InChI is InChI=1S/C12H10N2O2/c1-7-8-4-2-3-5-10(8)15-11(7)12-9(13)6-14-16-12/h2-6H,13H2,1H3. The molecule has 3 rings (SSSR count). The van der Waals surface area contributed by atoms with E-state index in [9.17, 15) is 0 Å². The lowest BCUT2D eigenvalue weighted by Crippen LogP contribution is -1.84. The molecule has 16 heavy (non-hydrogen) atoms. The molecule has 2 heterocycles. The van der Waals surface area contributed by atoms with Crippen molar-refractivity contribution in [1.29, 1.82) is 0 Å². The monoisotopic (exact) mass is 214 g/mol. The first kappa shape index (κ1) is 9.03. The van der Waals surface area contributed by atoms with Gasteiger partial charge < -0.3 is 14.7 Å². The molecule has 0 aliphatic heterocycles. The SMILES string of the molecule is Cc1c(-c2oncc2N)oc2ccccc12. The molecule has 2 N–H and O–H groups in total. The summed E-state index contributed by atoms with van der Waals surface area (Å²) in [6, 6.07) is 7.82. The lowest BCUT2D eigenvalue weighted by Gasteiger charge is -1.92. The van der Waals surface area contributed by atoms with E-state index >= 15 is 0 Å². The van der Waals surface area contributed by atoms with Crippen LogP contribution in [0.25, 0.3) is 22.5 Å². The van der Waals surface area contributed by atoms with Gasteiger partial charge >= 0.3 is 0 Å². The summed E-state index contributed by atoms with van der Waals surface area (Å²) in [6.45, 7) is 1.98. The average molecular weight is 214 g/mol. The molecule has 80 valence electrons. The summed E-state index contributed by atoms with van der Waals surface area (Å²) in [5.41, 5.74) is 8.07. The van der Waals surface area contributed by atoms with E-state index in [2.05, 4.69) is 5.16 Å². The van der Waals surface area contributed by atoms with Crippen LogP contribution in [0.3, 0.4) is 0 Å². The normalized spacial score (nSPS) is 11.1. The predicted octanol–water partition coefficient (Wildman–Crippen LogP) is 2.98. The number of rotatable bonds is 1. The largest absolute Gasteiger partial charge is 0.452 e. The molecule has 0 amide bonds. The van der Waals surface area contributed by atoms with Crippen LogP contribution in [0.2, 0.25) is 0 Å². The number of nitrogen functional groups attached to an aromatic ring is 1. The Bertz CT molecular complexity index is 652. The van der Waals surface area contributed by atoms with Gasteiger partial charge in [0, 0.05) is 10.9 Å². The molecule has 0 saturated heterocycles. The fourth-order valence-electron chi connectivity index (χ4n) is 1.81. The zero-order chi connectivity index (χ0) is 11.1. The maximum absolute atomic E-state index is 5.75. The van der Waals surface area contributed by atoms with E-state index in [0.29, 0.717) is 17.2 Å².